The second-order valence-electron chi connectivity index (χ2n) is 5.78. The van der Waals surface area contributed by atoms with Gasteiger partial charge in [-0.05, 0) is 19.4 Å². The van der Waals surface area contributed by atoms with Gasteiger partial charge in [0.1, 0.15) is 5.82 Å². The molecule has 1 aromatic heterocycles. The number of amides is 1. The van der Waals surface area contributed by atoms with Crippen LogP contribution in [-0.4, -0.2) is 63.1 Å². The summed E-state index contributed by atoms with van der Waals surface area (Å²) in [4.78, 5) is 21.1. The highest BCUT2D eigenvalue weighted by atomic mass is 16.2. The molecule has 0 spiro atoms. The number of H-pyrrole nitrogens is 1. The molecule has 19 heavy (non-hydrogen) atoms. The highest BCUT2D eigenvalue weighted by molar-refractivity contribution is 5.90. The van der Waals surface area contributed by atoms with Crippen LogP contribution in [0, 0.1) is 0 Å². The summed E-state index contributed by atoms with van der Waals surface area (Å²) in [5.74, 6) is 1.33. The molecule has 1 amide bonds. The van der Waals surface area contributed by atoms with E-state index in [9.17, 15) is 4.79 Å². The molecule has 0 aromatic carbocycles. The molecule has 2 aliphatic heterocycles. The zero-order valence-electron chi connectivity index (χ0n) is 11.6. The highest BCUT2D eigenvalue weighted by Gasteiger charge is 2.33. The lowest BCUT2D eigenvalue weighted by Crippen LogP contribution is -2.52. The van der Waals surface area contributed by atoms with Gasteiger partial charge in [0.05, 0.1) is 0 Å². The monoisotopic (exact) mass is 263 g/mol. The van der Waals surface area contributed by atoms with Crippen LogP contribution in [0.2, 0.25) is 0 Å². The standard InChI is InChI=1S/C13H21N5O/c1-9(2)11-14-12(16-15-11)13(19)18-7-6-17-5-3-4-10(17)8-18/h9-10H,3-8H2,1-2H3,(H,14,15,16). The van der Waals surface area contributed by atoms with Crippen molar-refractivity contribution in [1.82, 2.24) is 25.0 Å². The van der Waals surface area contributed by atoms with Crippen molar-refractivity contribution in [3.63, 3.8) is 0 Å². The van der Waals surface area contributed by atoms with Gasteiger partial charge in [-0.1, -0.05) is 13.8 Å². The van der Waals surface area contributed by atoms with Crippen LogP contribution >= 0.6 is 0 Å². The molecule has 1 aromatic rings. The van der Waals surface area contributed by atoms with E-state index in [1.165, 1.54) is 19.4 Å². The van der Waals surface area contributed by atoms with Gasteiger partial charge in [-0.25, -0.2) is 4.98 Å². The zero-order chi connectivity index (χ0) is 13.4. The first-order valence-electron chi connectivity index (χ1n) is 7.11. The Kier molecular flexibility index (Phi) is 3.26. The summed E-state index contributed by atoms with van der Waals surface area (Å²) in [6.45, 7) is 7.85. The molecule has 2 saturated heterocycles. The summed E-state index contributed by atoms with van der Waals surface area (Å²) in [5, 5.41) is 6.91. The van der Waals surface area contributed by atoms with Crippen LogP contribution in [0.25, 0.3) is 0 Å². The van der Waals surface area contributed by atoms with Crippen molar-refractivity contribution in [2.45, 2.75) is 38.6 Å². The van der Waals surface area contributed by atoms with Crippen LogP contribution < -0.4 is 0 Å². The summed E-state index contributed by atoms with van der Waals surface area (Å²) in [7, 11) is 0. The topological polar surface area (TPSA) is 65.1 Å². The molecule has 6 heteroatoms. The van der Waals surface area contributed by atoms with Crippen LogP contribution in [0.1, 0.15) is 49.1 Å². The van der Waals surface area contributed by atoms with Crippen molar-refractivity contribution in [2.24, 2.45) is 0 Å². The smallest absolute Gasteiger partial charge is 0.293 e. The number of aromatic amines is 1. The molecule has 1 atom stereocenters. The fourth-order valence-electron chi connectivity index (χ4n) is 2.95. The molecule has 104 valence electrons. The number of hydrogen-bond donors (Lipinski definition) is 1. The van der Waals surface area contributed by atoms with Gasteiger partial charge in [0, 0.05) is 31.6 Å². The van der Waals surface area contributed by atoms with Crippen molar-refractivity contribution in [3.05, 3.63) is 11.6 Å². The Labute approximate surface area is 113 Å². The number of piperazine rings is 1. The summed E-state index contributed by atoms with van der Waals surface area (Å²) in [5.41, 5.74) is 0. The number of carbonyl (C=O) groups excluding carboxylic acids is 1. The van der Waals surface area contributed by atoms with Crippen molar-refractivity contribution >= 4 is 5.91 Å². The maximum absolute atomic E-state index is 12.4. The first kappa shape index (κ1) is 12.6. The van der Waals surface area contributed by atoms with E-state index in [-0.39, 0.29) is 11.8 Å². The molecule has 1 N–H and O–H groups in total. The molecular weight excluding hydrogens is 242 g/mol. The van der Waals surface area contributed by atoms with E-state index < -0.39 is 0 Å². The third kappa shape index (κ3) is 2.36. The van der Waals surface area contributed by atoms with Crippen LogP contribution in [0.3, 0.4) is 0 Å². The number of nitrogens with zero attached hydrogens (tertiary/aromatic N) is 4. The lowest BCUT2D eigenvalue weighted by atomic mass is 10.1. The van der Waals surface area contributed by atoms with Gasteiger partial charge >= 0.3 is 0 Å². The van der Waals surface area contributed by atoms with Gasteiger partial charge in [-0.15, -0.1) is 5.10 Å². The van der Waals surface area contributed by atoms with Crippen molar-refractivity contribution in [1.29, 1.82) is 0 Å². The van der Waals surface area contributed by atoms with Crippen LogP contribution in [0.15, 0.2) is 0 Å². The van der Waals surface area contributed by atoms with E-state index in [1.807, 2.05) is 18.7 Å². The van der Waals surface area contributed by atoms with E-state index in [4.69, 9.17) is 0 Å². The van der Waals surface area contributed by atoms with Crippen molar-refractivity contribution in [3.8, 4) is 0 Å². The number of aromatic nitrogens is 3. The van der Waals surface area contributed by atoms with Gasteiger partial charge in [0.25, 0.3) is 5.91 Å². The average Bonchev–Trinajstić information content (AvgIpc) is 3.06. The minimum Gasteiger partial charge on any atom is -0.333 e. The molecule has 1 unspecified atom stereocenters. The Balaban J connectivity index is 1.69. The first-order valence-corrected chi connectivity index (χ1v) is 7.11. The fourth-order valence-corrected chi connectivity index (χ4v) is 2.95. The third-order valence-electron chi connectivity index (χ3n) is 4.12. The van der Waals surface area contributed by atoms with E-state index in [0.29, 0.717) is 11.9 Å². The summed E-state index contributed by atoms with van der Waals surface area (Å²) >= 11 is 0. The Bertz CT molecular complexity index is 469. The number of carbonyl (C=O) groups is 1. The SMILES string of the molecule is CC(C)c1nc(C(=O)N2CCN3CCCC3C2)n[nH]1. The summed E-state index contributed by atoms with van der Waals surface area (Å²) in [6, 6.07) is 0.543. The van der Waals surface area contributed by atoms with Gasteiger partial charge in [0.15, 0.2) is 0 Å². The number of hydrogen-bond acceptors (Lipinski definition) is 4. The fraction of sp³-hybridized carbons (Fsp3) is 0.769. The molecule has 0 saturated carbocycles. The lowest BCUT2D eigenvalue weighted by molar-refractivity contribution is 0.0560. The first-order chi connectivity index (χ1) is 9.15. The minimum atomic E-state index is -0.0327. The molecular formula is C13H21N5O. The van der Waals surface area contributed by atoms with E-state index in [2.05, 4.69) is 20.1 Å². The summed E-state index contributed by atoms with van der Waals surface area (Å²) < 4.78 is 0. The molecule has 2 aliphatic rings. The average molecular weight is 263 g/mol. The second-order valence-corrected chi connectivity index (χ2v) is 5.78. The Morgan fingerprint density at radius 2 is 2.21 bits per heavy atom. The number of fused-ring (bicyclic) bond motifs is 1. The molecule has 3 rings (SSSR count). The van der Waals surface area contributed by atoms with E-state index in [1.54, 1.807) is 0 Å². The van der Waals surface area contributed by atoms with E-state index in [0.717, 1.165) is 25.5 Å². The number of rotatable bonds is 2. The number of nitrogens with one attached hydrogen (secondary N) is 1. The Hall–Kier alpha value is -1.43. The third-order valence-corrected chi connectivity index (χ3v) is 4.12. The van der Waals surface area contributed by atoms with Gasteiger partial charge in [-0.3, -0.25) is 14.8 Å². The molecule has 6 nitrogen and oxygen atoms in total. The van der Waals surface area contributed by atoms with E-state index >= 15 is 0 Å². The predicted molar refractivity (Wildman–Crippen MR) is 71.0 cm³/mol. The Morgan fingerprint density at radius 1 is 1.37 bits per heavy atom. The minimum absolute atomic E-state index is 0.0327. The zero-order valence-corrected chi connectivity index (χ0v) is 11.6. The predicted octanol–water partition coefficient (Wildman–Crippen LogP) is 0.848. The van der Waals surface area contributed by atoms with Crippen molar-refractivity contribution in [2.75, 3.05) is 26.2 Å². The molecule has 2 fully saturated rings. The maximum Gasteiger partial charge on any atom is 0.293 e. The normalized spacial score (nSPS) is 23.9. The molecule has 0 radical (unpaired) electrons. The van der Waals surface area contributed by atoms with Crippen LogP contribution in [-0.2, 0) is 0 Å². The molecule has 3 heterocycles. The highest BCUT2D eigenvalue weighted by Crippen LogP contribution is 2.22. The molecule has 0 bridgehead atoms. The summed E-state index contributed by atoms with van der Waals surface area (Å²) in [6.07, 6.45) is 2.46. The Morgan fingerprint density at radius 3 is 2.95 bits per heavy atom. The van der Waals surface area contributed by atoms with Crippen molar-refractivity contribution < 1.29 is 4.79 Å². The van der Waals surface area contributed by atoms with Gasteiger partial charge in [0.2, 0.25) is 5.82 Å². The maximum atomic E-state index is 12.4. The second kappa shape index (κ2) is 4.92. The van der Waals surface area contributed by atoms with Gasteiger partial charge < -0.3 is 4.90 Å². The lowest BCUT2D eigenvalue weighted by Gasteiger charge is -2.36. The largest absolute Gasteiger partial charge is 0.333 e. The quantitative estimate of drug-likeness (QED) is 0.859. The van der Waals surface area contributed by atoms with Gasteiger partial charge in [-0.2, -0.15) is 0 Å². The van der Waals surface area contributed by atoms with Crippen LogP contribution in [0.5, 0.6) is 0 Å². The molecule has 0 aliphatic carbocycles. The van der Waals surface area contributed by atoms with Crippen LogP contribution in [0.4, 0.5) is 0 Å².